The molecule has 4 nitrogen and oxygen atoms in total. The Hall–Kier alpha value is -3.21. The van der Waals surface area contributed by atoms with Crippen molar-refractivity contribution in [2.45, 2.75) is 18.9 Å². The van der Waals surface area contributed by atoms with Crippen LogP contribution in [0.3, 0.4) is 0 Å². The molecular weight excluding hydrogens is 333 g/mol. The summed E-state index contributed by atoms with van der Waals surface area (Å²) in [4.78, 5) is 23.7. The molecule has 0 radical (unpaired) electrons. The minimum absolute atomic E-state index is 0.00177. The minimum atomic E-state index is -1.09. The quantitative estimate of drug-likeness (QED) is 0.716. The molecule has 26 heavy (non-hydrogen) atoms. The second kappa shape index (κ2) is 7.78. The number of hydrogen-bond donors (Lipinski definition) is 2. The smallest absolute Gasteiger partial charge is 0.326 e. The SMILES string of the molecule is O=C(Cc1ccc(F)cc1)N[C@@H](Cc1ccc2ccccc2c1)C(=O)O. The number of aliphatic carboxylic acids is 1. The first-order chi connectivity index (χ1) is 12.5. The molecule has 0 aliphatic rings. The Labute approximate surface area is 150 Å². The topological polar surface area (TPSA) is 66.4 Å². The van der Waals surface area contributed by atoms with Gasteiger partial charge in [0.2, 0.25) is 5.91 Å². The first-order valence-corrected chi connectivity index (χ1v) is 8.25. The van der Waals surface area contributed by atoms with E-state index in [1.807, 2.05) is 42.5 Å². The highest BCUT2D eigenvalue weighted by molar-refractivity contribution is 5.86. The summed E-state index contributed by atoms with van der Waals surface area (Å²) in [5, 5.41) is 14.1. The standard InChI is InChI=1S/C21H18FNO3/c22-18-9-6-14(7-10-18)13-20(24)23-19(21(25)26)12-15-5-8-16-3-1-2-4-17(16)11-15/h1-11,19H,12-13H2,(H,23,24)(H,25,26)/t19-/m0/s1. The van der Waals surface area contributed by atoms with Gasteiger partial charge in [0, 0.05) is 6.42 Å². The van der Waals surface area contributed by atoms with Gasteiger partial charge < -0.3 is 10.4 Å². The van der Waals surface area contributed by atoms with Crippen molar-refractivity contribution in [1.29, 1.82) is 0 Å². The average Bonchev–Trinajstić information content (AvgIpc) is 2.63. The van der Waals surface area contributed by atoms with Crippen LogP contribution >= 0.6 is 0 Å². The number of nitrogens with one attached hydrogen (secondary N) is 1. The Morgan fingerprint density at radius 2 is 1.58 bits per heavy atom. The summed E-state index contributed by atoms with van der Waals surface area (Å²) in [5.41, 5.74) is 1.46. The average molecular weight is 351 g/mol. The number of halogens is 1. The lowest BCUT2D eigenvalue weighted by Crippen LogP contribution is -2.43. The highest BCUT2D eigenvalue weighted by Crippen LogP contribution is 2.17. The summed E-state index contributed by atoms with van der Waals surface area (Å²) in [6.07, 6.45) is 0.192. The highest BCUT2D eigenvalue weighted by Gasteiger charge is 2.20. The number of hydrogen-bond acceptors (Lipinski definition) is 2. The van der Waals surface area contributed by atoms with Gasteiger partial charge in [0.15, 0.2) is 0 Å². The van der Waals surface area contributed by atoms with E-state index in [1.165, 1.54) is 24.3 Å². The predicted molar refractivity (Wildman–Crippen MR) is 97.3 cm³/mol. The molecule has 2 N–H and O–H groups in total. The van der Waals surface area contributed by atoms with Gasteiger partial charge in [0.1, 0.15) is 11.9 Å². The zero-order valence-electron chi connectivity index (χ0n) is 14.0. The maximum absolute atomic E-state index is 12.9. The third kappa shape index (κ3) is 4.45. The zero-order valence-corrected chi connectivity index (χ0v) is 14.0. The van der Waals surface area contributed by atoms with Crippen LogP contribution in [-0.4, -0.2) is 23.0 Å². The van der Waals surface area contributed by atoms with Gasteiger partial charge in [-0.1, -0.05) is 54.6 Å². The number of benzene rings is 3. The van der Waals surface area contributed by atoms with Crippen LogP contribution in [0.1, 0.15) is 11.1 Å². The number of carboxylic acids is 1. The van der Waals surface area contributed by atoms with Crippen LogP contribution < -0.4 is 5.32 Å². The fourth-order valence-electron chi connectivity index (χ4n) is 2.83. The molecule has 0 aromatic heterocycles. The van der Waals surface area contributed by atoms with Gasteiger partial charge in [-0.25, -0.2) is 9.18 Å². The monoisotopic (exact) mass is 351 g/mol. The Morgan fingerprint density at radius 3 is 2.27 bits per heavy atom. The Morgan fingerprint density at radius 1 is 0.923 bits per heavy atom. The zero-order chi connectivity index (χ0) is 18.5. The Bertz CT molecular complexity index is 937. The Kier molecular flexibility index (Phi) is 5.27. The van der Waals surface area contributed by atoms with Gasteiger partial charge in [-0.15, -0.1) is 0 Å². The number of fused-ring (bicyclic) bond motifs is 1. The maximum atomic E-state index is 12.9. The van der Waals surface area contributed by atoms with Gasteiger partial charge in [-0.05, 0) is 34.0 Å². The molecule has 0 aliphatic heterocycles. The lowest BCUT2D eigenvalue weighted by Gasteiger charge is -2.15. The molecule has 0 bridgehead atoms. The molecule has 1 atom stereocenters. The molecule has 0 unspecified atom stereocenters. The van der Waals surface area contributed by atoms with Crippen molar-refractivity contribution in [1.82, 2.24) is 5.32 Å². The van der Waals surface area contributed by atoms with Crippen molar-refractivity contribution in [3.05, 3.63) is 83.7 Å². The van der Waals surface area contributed by atoms with Gasteiger partial charge in [-0.3, -0.25) is 4.79 Å². The number of rotatable bonds is 6. The summed E-state index contributed by atoms with van der Waals surface area (Å²) in [5.74, 6) is -1.88. The normalized spacial score (nSPS) is 11.9. The number of carbonyl (C=O) groups is 2. The van der Waals surface area contributed by atoms with E-state index in [0.717, 1.165) is 16.3 Å². The molecule has 0 heterocycles. The van der Waals surface area contributed by atoms with Crippen molar-refractivity contribution in [3.8, 4) is 0 Å². The van der Waals surface area contributed by atoms with Crippen molar-refractivity contribution in [2.24, 2.45) is 0 Å². The molecule has 3 aromatic carbocycles. The van der Waals surface area contributed by atoms with E-state index in [0.29, 0.717) is 5.56 Å². The van der Waals surface area contributed by atoms with E-state index >= 15 is 0 Å². The fraction of sp³-hybridized carbons (Fsp3) is 0.143. The van der Waals surface area contributed by atoms with E-state index < -0.39 is 17.9 Å². The predicted octanol–water partition coefficient (Wildman–Crippen LogP) is 3.33. The summed E-state index contributed by atoms with van der Waals surface area (Å²) in [6.45, 7) is 0. The first kappa shape index (κ1) is 17.6. The van der Waals surface area contributed by atoms with Crippen molar-refractivity contribution < 1.29 is 19.1 Å². The summed E-state index contributed by atoms with van der Waals surface area (Å²) in [6, 6.07) is 18.1. The molecular formula is C21H18FNO3. The number of carboxylic acid groups (broad SMARTS) is 1. The lowest BCUT2D eigenvalue weighted by atomic mass is 10.0. The molecule has 3 rings (SSSR count). The van der Waals surface area contributed by atoms with Gasteiger partial charge in [0.25, 0.3) is 0 Å². The van der Waals surface area contributed by atoms with Gasteiger partial charge >= 0.3 is 5.97 Å². The van der Waals surface area contributed by atoms with Crippen molar-refractivity contribution in [2.75, 3.05) is 0 Å². The molecule has 0 saturated carbocycles. The number of amides is 1. The van der Waals surface area contributed by atoms with E-state index in [2.05, 4.69) is 5.32 Å². The van der Waals surface area contributed by atoms with Crippen LogP contribution in [0.4, 0.5) is 4.39 Å². The molecule has 1 amide bonds. The van der Waals surface area contributed by atoms with Crippen LogP contribution in [0.15, 0.2) is 66.7 Å². The minimum Gasteiger partial charge on any atom is -0.480 e. The third-order valence-corrected chi connectivity index (χ3v) is 4.16. The summed E-state index contributed by atoms with van der Waals surface area (Å²) >= 11 is 0. The third-order valence-electron chi connectivity index (χ3n) is 4.16. The van der Waals surface area contributed by atoms with Gasteiger partial charge in [0.05, 0.1) is 6.42 Å². The molecule has 132 valence electrons. The molecule has 5 heteroatoms. The fourth-order valence-corrected chi connectivity index (χ4v) is 2.83. The first-order valence-electron chi connectivity index (χ1n) is 8.25. The summed E-state index contributed by atoms with van der Waals surface area (Å²) in [7, 11) is 0. The molecule has 0 aliphatic carbocycles. The van der Waals surface area contributed by atoms with Crippen LogP contribution in [0, 0.1) is 5.82 Å². The van der Waals surface area contributed by atoms with Gasteiger partial charge in [-0.2, -0.15) is 0 Å². The van der Waals surface area contributed by atoms with Crippen LogP contribution in [0.25, 0.3) is 10.8 Å². The van der Waals surface area contributed by atoms with Crippen LogP contribution in [0.2, 0.25) is 0 Å². The van der Waals surface area contributed by atoms with E-state index in [1.54, 1.807) is 0 Å². The largest absolute Gasteiger partial charge is 0.480 e. The van der Waals surface area contributed by atoms with Crippen LogP contribution in [0.5, 0.6) is 0 Å². The second-order valence-corrected chi connectivity index (χ2v) is 6.15. The maximum Gasteiger partial charge on any atom is 0.326 e. The summed E-state index contributed by atoms with van der Waals surface area (Å²) < 4.78 is 12.9. The van der Waals surface area contributed by atoms with E-state index in [4.69, 9.17) is 0 Å². The molecule has 0 fully saturated rings. The van der Waals surface area contributed by atoms with E-state index in [9.17, 15) is 19.1 Å². The molecule has 0 spiro atoms. The number of carbonyl (C=O) groups excluding carboxylic acids is 1. The van der Waals surface area contributed by atoms with E-state index in [-0.39, 0.29) is 18.7 Å². The highest BCUT2D eigenvalue weighted by atomic mass is 19.1. The molecule has 3 aromatic rings. The van der Waals surface area contributed by atoms with Crippen molar-refractivity contribution >= 4 is 22.6 Å². The van der Waals surface area contributed by atoms with Crippen LogP contribution in [-0.2, 0) is 22.4 Å². The molecule has 0 saturated heterocycles. The lowest BCUT2D eigenvalue weighted by molar-refractivity contribution is -0.141. The Balaban J connectivity index is 1.68. The second-order valence-electron chi connectivity index (χ2n) is 6.15. The van der Waals surface area contributed by atoms with Crippen molar-refractivity contribution in [3.63, 3.8) is 0 Å².